The van der Waals surface area contributed by atoms with E-state index >= 15 is 0 Å². The van der Waals surface area contributed by atoms with Gasteiger partial charge in [-0.2, -0.15) is 0 Å². The molecule has 0 atom stereocenters. The van der Waals surface area contributed by atoms with Crippen molar-refractivity contribution in [2.24, 2.45) is 0 Å². The van der Waals surface area contributed by atoms with E-state index in [1.54, 1.807) is 18.2 Å². The van der Waals surface area contributed by atoms with Gasteiger partial charge in [0, 0.05) is 11.3 Å². The molecular formula is C15H14BrNO2. The van der Waals surface area contributed by atoms with Crippen LogP contribution in [0, 0.1) is 6.92 Å². The second kappa shape index (κ2) is 5.97. The molecule has 0 aliphatic heterocycles. The van der Waals surface area contributed by atoms with Gasteiger partial charge in [0.25, 0.3) is 0 Å². The topological polar surface area (TPSA) is 39.2 Å². The fraction of sp³-hybridized carbons (Fsp3) is 0.200. The Hall–Kier alpha value is -1.68. The minimum Gasteiger partial charge on any atom is -0.454 e. The van der Waals surface area contributed by atoms with Crippen LogP contribution in [0.15, 0.2) is 34.8 Å². The van der Waals surface area contributed by atoms with Crippen molar-refractivity contribution in [1.82, 2.24) is 4.98 Å². The van der Waals surface area contributed by atoms with Crippen molar-refractivity contribution >= 4 is 22.2 Å². The number of rotatable bonds is 4. The number of aromatic nitrogens is 1. The average Bonchev–Trinajstić information content (AvgIpc) is 2.42. The van der Waals surface area contributed by atoms with Gasteiger partial charge in [-0.3, -0.25) is 9.78 Å². The van der Waals surface area contributed by atoms with Crippen LogP contribution in [0.2, 0.25) is 0 Å². The summed E-state index contributed by atoms with van der Waals surface area (Å²) in [7, 11) is 0. The Morgan fingerprint density at radius 1 is 1.26 bits per heavy atom. The van der Waals surface area contributed by atoms with Gasteiger partial charge in [0.1, 0.15) is 17.8 Å². The monoisotopic (exact) mass is 319 g/mol. The largest absolute Gasteiger partial charge is 0.454 e. The van der Waals surface area contributed by atoms with Crippen molar-refractivity contribution in [3.8, 4) is 11.5 Å². The molecule has 2 rings (SSSR count). The summed E-state index contributed by atoms with van der Waals surface area (Å²) in [6.07, 6.45) is 1.61. The van der Waals surface area contributed by atoms with Crippen LogP contribution < -0.4 is 4.74 Å². The minimum atomic E-state index is 0.608. The molecule has 3 nitrogen and oxygen atoms in total. The summed E-state index contributed by atoms with van der Waals surface area (Å²) in [5.41, 5.74) is 2.50. The summed E-state index contributed by atoms with van der Waals surface area (Å²) in [5, 5.41) is 0. The highest BCUT2D eigenvalue weighted by molar-refractivity contribution is 9.10. The molecule has 0 amide bonds. The number of carbonyl (C=O) groups excluding carboxylic acids is 1. The summed E-state index contributed by atoms with van der Waals surface area (Å²) in [5.74, 6) is 1.42. The lowest BCUT2D eigenvalue weighted by atomic mass is 10.2. The van der Waals surface area contributed by atoms with Gasteiger partial charge in [-0.05, 0) is 59.6 Å². The Bertz CT molecular complexity index is 611. The molecule has 0 radical (unpaired) electrons. The number of ether oxygens (including phenoxy) is 1. The summed E-state index contributed by atoms with van der Waals surface area (Å²) < 4.78 is 6.61. The van der Waals surface area contributed by atoms with Crippen molar-refractivity contribution in [2.45, 2.75) is 20.3 Å². The minimum absolute atomic E-state index is 0.608. The number of carbonyl (C=O) groups is 1. The number of pyridine rings is 1. The van der Waals surface area contributed by atoms with Gasteiger partial charge in [0.15, 0.2) is 0 Å². The number of halogens is 1. The zero-order valence-corrected chi connectivity index (χ0v) is 12.4. The van der Waals surface area contributed by atoms with E-state index in [4.69, 9.17) is 4.74 Å². The third-order valence-corrected chi connectivity index (χ3v) is 3.34. The van der Waals surface area contributed by atoms with Crippen LogP contribution in [-0.2, 0) is 6.42 Å². The second-order valence-electron chi connectivity index (χ2n) is 4.16. The van der Waals surface area contributed by atoms with E-state index in [1.165, 1.54) is 0 Å². The van der Waals surface area contributed by atoms with Crippen LogP contribution >= 0.6 is 15.9 Å². The van der Waals surface area contributed by atoms with Crippen LogP contribution in [-0.4, -0.2) is 11.3 Å². The van der Waals surface area contributed by atoms with E-state index in [0.29, 0.717) is 11.3 Å². The quantitative estimate of drug-likeness (QED) is 0.788. The Morgan fingerprint density at radius 3 is 2.63 bits per heavy atom. The number of aldehydes is 1. The molecule has 0 fully saturated rings. The lowest BCUT2D eigenvalue weighted by molar-refractivity contribution is 0.112. The van der Waals surface area contributed by atoms with Crippen molar-refractivity contribution in [1.29, 1.82) is 0 Å². The first-order valence-corrected chi connectivity index (χ1v) is 6.82. The molecule has 0 N–H and O–H groups in total. The molecular weight excluding hydrogens is 306 g/mol. The molecule has 98 valence electrons. The first-order valence-electron chi connectivity index (χ1n) is 6.03. The Labute approximate surface area is 120 Å². The van der Waals surface area contributed by atoms with Crippen molar-refractivity contribution in [3.05, 3.63) is 51.8 Å². The van der Waals surface area contributed by atoms with E-state index in [2.05, 4.69) is 20.9 Å². The predicted octanol–water partition coefficient (Wildman–Crippen LogP) is 4.32. The van der Waals surface area contributed by atoms with Crippen LogP contribution in [0.3, 0.4) is 0 Å². The molecule has 1 aromatic carbocycles. The van der Waals surface area contributed by atoms with Crippen LogP contribution in [0.5, 0.6) is 11.5 Å². The van der Waals surface area contributed by atoms with Crippen molar-refractivity contribution in [3.63, 3.8) is 0 Å². The summed E-state index contributed by atoms with van der Waals surface area (Å²) >= 11 is 3.40. The van der Waals surface area contributed by atoms with Gasteiger partial charge in [-0.25, -0.2) is 0 Å². The highest BCUT2D eigenvalue weighted by Gasteiger charge is 2.08. The Kier molecular flexibility index (Phi) is 4.32. The normalized spacial score (nSPS) is 10.3. The zero-order valence-electron chi connectivity index (χ0n) is 10.8. The fourth-order valence-electron chi connectivity index (χ4n) is 1.74. The number of hydrogen-bond acceptors (Lipinski definition) is 3. The zero-order chi connectivity index (χ0) is 13.8. The van der Waals surface area contributed by atoms with Gasteiger partial charge < -0.3 is 4.74 Å². The molecule has 0 unspecified atom stereocenters. The third-order valence-electron chi connectivity index (χ3n) is 2.72. The molecule has 19 heavy (non-hydrogen) atoms. The molecule has 0 saturated carbocycles. The van der Waals surface area contributed by atoms with Crippen LogP contribution in [0.25, 0.3) is 0 Å². The number of hydrogen-bond donors (Lipinski definition) is 0. The lowest BCUT2D eigenvalue weighted by Crippen LogP contribution is -1.96. The number of aryl methyl sites for hydroxylation is 2. The van der Waals surface area contributed by atoms with E-state index in [1.807, 2.05) is 26.0 Å². The smallest absolute Gasteiger partial charge is 0.150 e. The maximum Gasteiger partial charge on any atom is 0.150 e. The van der Waals surface area contributed by atoms with Crippen LogP contribution in [0.4, 0.5) is 0 Å². The molecule has 0 aliphatic carbocycles. The number of nitrogens with zero attached hydrogens (tertiary/aromatic N) is 1. The first kappa shape index (κ1) is 13.7. The van der Waals surface area contributed by atoms with Gasteiger partial charge in [0.2, 0.25) is 0 Å². The third kappa shape index (κ3) is 3.20. The van der Waals surface area contributed by atoms with Crippen molar-refractivity contribution < 1.29 is 9.53 Å². The summed E-state index contributed by atoms with van der Waals surface area (Å²) in [4.78, 5) is 15.1. The molecule has 0 bridgehead atoms. The molecule has 0 aliphatic rings. The highest BCUT2D eigenvalue weighted by Crippen LogP contribution is 2.31. The number of benzene rings is 1. The molecule has 1 aromatic heterocycles. The van der Waals surface area contributed by atoms with Crippen molar-refractivity contribution in [2.75, 3.05) is 0 Å². The summed E-state index contributed by atoms with van der Waals surface area (Å²) in [6.45, 7) is 4.00. The molecule has 0 spiro atoms. The molecule has 2 aromatic rings. The molecule has 0 saturated heterocycles. The molecule has 4 heteroatoms. The van der Waals surface area contributed by atoms with Crippen LogP contribution in [0.1, 0.15) is 28.7 Å². The van der Waals surface area contributed by atoms with E-state index in [-0.39, 0.29) is 0 Å². The highest BCUT2D eigenvalue weighted by atomic mass is 79.9. The average molecular weight is 320 g/mol. The SMILES string of the molecule is CCc1nc(C)ccc1Oc1ccc(C=O)cc1Br. The van der Waals surface area contributed by atoms with E-state index in [9.17, 15) is 4.79 Å². The summed E-state index contributed by atoms with van der Waals surface area (Å²) in [6, 6.07) is 9.06. The maximum atomic E-state index is 10.7. The Morgan fingerprint density at radius 2 is 2.00 bits per heavy atom. The standard InChI is InChI=1S/C15H14BrNO2/c1-3-13-15(6-4-10(2)17-13)19-14-7-5-11(9-18)8-12(14)16/h4-9H,3H2,1-2H3. The first-order chi connectivity index (χ1) is 9.13. The lowest BCUT2D eigenvalue weighted by Gasteiger charge is -2.11. The van der Waals surface area contributed by atoms with Gasteiger partial charge >= 0.3 is 0 Å². The van der Waals surface area contributed by atoms with Gasteiger partial charge in [-0.15, -0.1) is 0 Å². The van der Waals surface area contributed by atoms with E-state index in [0.717, 1.165) is 34.3 Å². The predicted molar refractivity (Wildman–Crippen MR) is 78.0 cm³/mol. The fourth-order valence-corrected chi connectivity index (χ4v) is 2.21. The maximum absolute atomic E-state index is 10.7. The van der Waals surface area contributed by atoms with Gasteiger partial charge in [-0.1, -0.05) is 6.92 Å². The second-order valence-corrected chi connectivity index (χ2v) is 5.02. The van der Waals surface area contributed by atoms with Gasteiger partial charge in [0.05, 0.1) is 10.2 Å². The Balaban J connectivity index is 2.33. The molecule has 1 heterocycles. The van der Waals surface area contributed by atoms with E-state index < -0.39 is 0 Å².